The van der Waals surface area contributed by atoms with Gasteiger partial charge in [0.25, 0.3) is 0 Å². The largest absolute Gasteiger partial charge is 0.497 e. The molecular weight excluding hydrogens is 340 g/mol. The van der Waals surface area contributed by atoms with E-state index in [-0.39, 0.29) is 0 Å². The third-order valence-corrected chi connectivity index (χ3v) is 4.15. The summed E-state index contributed by atoms with van der Waals surface area (Å²) in [7, 11) is 3.33. The van der Waals surface area contributed by atoms with E-state index in [1.54, 1.807) is 20.4 Å². The monoisotopic (exact) mass is 364 g/mol. The molecule has 0 amide bonds. The van der Waals surface area contributed by atoms with E-state index in [9.17, 15) is 0 Å². The van der Waals surface area contributed by atoms with E-state index >= 15 is 0 Å². The highest BCUT2D eigenvalue weighted by atomic mass is 16.5. The van der Waals surface area contributed by atoms with Crippen molar-refractivity contribution >= 4 is 6.08 Å². The molecule has 0 unspecified atom stereocenters. The Hall–Kier alpha value is -3.05. The van der Waals surface area contributed by atoms with E-state index < -0.39 is 0 Å². The van der Waals surface area contributed by atoms with Crippen molar-refractivity contribution in [3.8, 4) is 11.5 Å². The topological polar surface area (TPSA) is 45.5 Å². The summed E-state index contributed by atoms with van der Waals surface area (Å²) in [6.07, 6.45) is 7.69. The van der Waals surface area contributed by atoms with Gasteiger partial charge in [0, 0.05) is 18.9 Å². The molecule has 0 atom stereocenters. The van der Waals surface area contributed by atoms with Crippen LogP contribution in [0.2, 0.25) is 0 Å². The quantitative estimate of drug-likeness (QED) is 0.571. The molecule has 0 bridgehead atoms. The lowest BCUT2D eigenvalue weighted by Gasteiger charge is -2.11. The van der Waals surface area contributed by atoms with Crippen LogP contribution in [-0.4, -0.2) is 30.4 Å². The van der Waals surface area contributed by atoms with Crippen LogP contribution in [0.4, 0.5) is 0 Å². The number of rotatable bonds is 9. The van der Waals surface area contributed by atoms with Gasteiger partial charge in [0.15, 0.2) is 0 Å². The van der Waals surface area contributed by atoms with Crippen molar-refractivity contribution in [2.24, 2.45) is 0 Å². The summed E-state index contributed by atoms with van der Waals surface area (Å²) in [6.45, 7) is 1.82. The van der Waals surface area contributed by atoms with Gasteiger partial charge in [0.1, 0.15) is 11.5 Å². The van der Waals surface area contributed by atoms with E-state index in [4.69, 9.17) is 14.2 Å². The van der Waals surface area contributed by atoms with Crippen molar-refractivity contribution in [2.45, 2.75) is 13.2 Å². The summed E-state index contributed by atoms with van der Waals surface area (Å²) in [4.78, 5) is 4.12. The maximum atomic E-state index is 5.95. The molecule has 0 fully saturated rings. The van der Waals surface area contributed by atoms with E-state index in [1.807, 2.05) is 65.6 Å². The molecule has 3 rings (SSSR count). The molecule has 5 nitrogen and oxygen atoms in total. The molecule has 0 aliphatic heterocycles. The number of imidazole rings is 1. The standard InChI is InChI=1S/C22H24N2O3/c1-25-21-7-3-18(4-8-21)13-20(14-24-12-11-23-17-24)16-27-15-19-5-9-22(26-2)10-6-19/h3-13,17H,14-16H2,1-2H3. The molecule has 5 heteroatoms. The SMILES string of the molecule is COc1ccc(C=C(COCc2ccc(OC)cc2)Cn2ccnc2)cc1. The molecule has 1 heterocycles. The second kappa shape index (κ2) is 9.59. The van der Waals surface area contributed by atoms with Crippen molar-refractivity contribution < 1.29 is 14.2 Å². The fraction of sp³-hybridized carbons (Fsp3) is 0.227. The maximum absolute atomic E-state index is 5.95. The highest BCUT2D eigenvalue weighted by Gasteiger charge is 2.03. The Balaban J connectivity index is 1.66. The number of hydrogen-bond acceptors (Lipinski definition) is 4. The average molecular weight is 364 g/mol. The molecule has 0 aliphatic carbocycles. The minimum Gasteiger partial charge on any atom is -0.497 e. The van der Waals surface area contributed by atoms with Crippen molar-refractivity contribution in [2.75, 3.05) is 20.8 Å². The van der Waals surface area contributed by atoms with Gasteiger partial charge in [-0.1, -0.05) is 30.3 Å². The normalized spacial score (nSPS) is 11.4. The van der Waals surface area contributed by atoms with Gasteiger partial charge < -0.3 is 18.8 Å². The number of ether oxygens (including phenoxy) is 3. The molecule has 3 aromatic rings. The van der Waals surface area contributed by atoms with Crippen LogP contribution in [0.15, 0.2) is 72.8 Å². The Bertz CT molecular complexity index is 838. The van der Waals surface area contributed by atoms with Gasteiger partial charge in [-0.25, -0.2) is 4.98 Å². The second-order valence-corrected chi connectivity index (χ2v) is 6.15. The highest BCUT2D eigenvalue weighted by molar-refractivity contribution is 5.54. The zero-order chi connectivity index (χ0) is 18.9. The molecule has 0 spiro atoms. The molecule has 1 aromatic heterocycles. The first-order valence-corrected chi connectivity index (χ1v) is 8.77. The van der Waals surface area contributed by atoms with Gasteiger partial charge in [-0.2, -0.15) is 0 Å². The molecule has 27 heavy (non-hydrogen) atoms. The Morgan fingerprint density at radius 2 is 1.63 bits per heavy atom. The number of hydrogen-bond donors (Lipinski definition) is 0. The molecule has 2 aromatic carbocycles. The Morgan fingerprint density at radius 1 is 0.963 bits per heavy atom. The highest BCUT2D eigenvalue weighted by Crippen LogP contribution is 2.16. The molecule has 0 saturated carbocycles. The second-order valence-electron chi connectivity index (χ2n) is 6.15. The number of aromatic nitrogens is 2. The minimum absolute atomic E-state index is 0.538. The molecule has 0 saturated heterocycles. The third kappa shape index (κ3) is 5.72. The van der Waals surface area contributed by atoms with Gasteiger partial charge in [0.2, 0.25) is 0 Å². The van der Waals surface area contributed by atoms with Crippen LogP contribution in [0.25, 0.3) is 6.08 Å². The van der Waals surface area contributed by atoms with Crippen LogP contribution >= 0.6 is 0 Å². The Morgan fingerprint density at radius 3 is 2.22 bits per heavy atom. The zero-order valence-electron chi connectivity index (χ0n) is 15.7. The van der Waals surface area contributed by atoms with Gasteiger partial charge in [0.05, 0.1) is 33.8 Å². The van der Waals surface area contributed by atoms with Crippen molar-refractivity contribution in [1.29, 1.82) is 0 Å². The van der Waals surface area contributed by atoms with Crippen LogP contribution in [0.3, 0.4) is 0 Å². The van der Waals surface area contributed by atoms with Gasteiger partial charge >= 0.3 is 0 Å². The van der Waals surface area contributed by atoms with E-state index in [2.05, 4.69) is 11.1 Å². The molecule has 0 radical (unpaired) electrons. The molecule has 0 N–H and O–H groups in total. The van der Waals surface area contributed by atoms with Gasteiger partial charge in [-0.15, -0.1) is 0 Å². The Labute approximate surface area is 159 Å². The van der Waals surface area contributed by atoms with Crippen LogP contribution in [0.1, 0.15) is 11.1 Å². The molecular formula is C22H24N2O3. The van der Waals surface area contributed by atoms with E-state index in [1.165, 1.54) is 0 Å². The predicted molar refractivity (Wildman–Crippen MR) is 106 cm³/mol. The summed E-state index contributed by atoms with van der Waals surface area (Å²) >= 11 is 0. The Kier molecular flexibility index (Phi) is 6.66. The lowest BCUT2D eigenvalue weighted by molar-refractivity contribution is 0.140. The number of methoxy groups -OCH3 is 2. The van der Waals surface area contributed by atoms with Gasteiger partial charge in [-0.05, 0) is 41.0 Å². The van der Waals surface area contributed by atoms with Crippen LogP contribution in [-0.2, 0) is 17.9 Å². The average Bonchev–Trinajstić information content (AvgIpc) is 3.22. The molecule has 0 aliphatic rings. The first-order chi connectivity index (χ1) is 13.3. The van der Waals surface area contributed by atoms with Crippen molar-refractivity contribution in [3.05, 3.63) is 84.0 Å². The maximum Gasteiger partial charge on any atom is 0.118 e. The first-order valence-electron chi connectivity index (χ1n) is 8.77. The van der Waals surface area contributed by atoms with E-state index in [0.717, 1.165) is 34.7 Å². The summed E-state index contributed by atoms with van der Waals surface area (Å²) in [5, 5.41) is 0. The fourth-order valence-corrected chi connectivity index (χ4v) is 2.71. The fourth-order valence-electron chi connectivity index (χ4n) is 2.71. The number of nitrogens with zero attached hydrogens (tertiary/aromatic N) is 2. The summed E-state index contributed by atoms with van der Waals surface area (Å²) in [6, 6.07) is 15.9. The van der Waals surface area contributed by atoms with Gasteiger partial charge in [-0.3, -0.25) is 0 Å². The minimum atomic E-state index is 0.538. The smallest absolute Gasteiger partial charge is 0.118 e. The predicted octanol–water partition coefficient (Wildman–Crippen LogP) is 4.20. The summed E-state index contributed by atoms with van der Waals surface area (Å²) < 4.78 is 18.4. The lowest BCUT2D eigenvalue weighted by Crippen LogP contribution is -2.06. The van der Waals surface area contributed by atoms with E-state index in [0.29, 0.717) is 13.2 Å². The zero-order valence-corrected chi connectivity index (χ0v) is 15.7. The third-order valence-electron chi connectivity index (χ3n) is 4.15. The first kappa shape index (κ1) is 18.7. The van der Waals surface area contributed by atoms with Crippen molar-refractivity contribution in [1.82, 2.24) is 9.55 Å². The summed E-state index contributed by atoms with van der Waals surface area (Å²) in [5.41, 5.74) is 3.38. The molecule has 140 valence electrons. The lowest BCUT2D eigenvalue weighted by atomic mass is 10.1. The van der Waals surface area contributed by atoms with Crippen LogP contribution in [0.5, 0.6) is 11.5 Å². The van der Waals surface area contributed by atoms with Crippen molar-refractivity contribution in [3.63, 3.8) is 0 Å². The number of benzene rings is 2. The van der Waals surface area contributed by atoms with Crippen LogP contribution in [0, 0.1) is 0 Å². The van der Waals surface area contributed by atoms with Crippen LogP contribution < -0.4 is 9.47 Å². The summed E-state index contributed by atoms with van der Waals surface area (Å²) in [5.74, 6) is 1.69.